The summed E-state index contributed by atoms with van der Waals surface area (Å²) in [5.41, 5.74) is 0. The normalized spacial score (nSPS) is 9.53. The summed E-state index contributed by atoms with van der Waals surface area (Å²) < 4.78 is 0. The maximum atomic E-state index is 11.4. The van der Waals surface area contributed by atoms with Crippen molar-refractivity contribution in [3.63, 3.8) is 0 Å². The van der Waals surface area contributed by atoms with Gasteiger partial charge in [0.1, 0.15) is 0 Å². The molecule has 0 aromatic carbocycles. The summed E-state index contributed by atoms with van der Waals surface area (Å²) in [5, 5.41) is 13.4. The molecule has 0 aliphatic carbocycles. The zero-order chi connectivity index (χ0) is 13.3. The Hall–Kier alpha value is -1.79. The molecule has 98 valence electrons. The number of aliphatic carboxylic acids is 1. The van der Waals surface area contributed by atoms with E-state index in [1.807, 2.05) is 0 Å². The topological polar surface area (TPSA) is 98.7 Å². The number of urea groups is 1. The minimum atomic E-state index is -0.876. The van der Waals surface area contributed by atoms with Crippen molar-refractivity contribution in [2.24, 2.45) is 0 Å². The summed E-state index contributed by atoms with van der Waals surface area (Å²) in [6, 6.07) is -0.306. The molecule has 0 bridgehead atoms. The first-order valence-electron chi connectivity index (χ1n) is 5.38. The van der Waals surface area contributed by atoms with Crippen molar-refractivity contribution in [2.45, 2.75) is 19.3 Å². The molecule has 7 nitrogen and oxygen atoms in total. The molecule has 0 heterocycles. The van der Waals surface area contributed by atoms with Crippen LogP contribution in [0.15, 0.2) is 0 Å². The second kappa shape index (κ2) is 8.37. The van der Waals surface area contributed by atoms with Gasteiger partial charge in [0.25, 0.3) is 0 Å². The number of carbonyl (C=O) groups is 3. The molecular formula is C10H19N3O4. The first-order valence-corrected chi connectivity index (χ1v) is 5.38. The van der Waals surface area contributed by atoms with Gasteiger partial charge in [0, 0.05) is 40.0 Å². The van der Waals surface area contributed by atoms with Crippen LogP contribution in [0.2, 0.25) is 0 Å². The Morgan fingerprint density at radius 3 is 2.41 bits per heavy atom. The van der Waals surface area contributed by atoms with Gasteiger partial charge in [-0.2, -0.15) is 0 Å². The van der Waals surface area contributed by atoms with E-state index < -0.39 is 5.97 Å². The Morgan fingerprint density at radius 1 is 1.24 bits per heavy atom. The summed E-state index contributed by atoms with van der Waals surface area (Å²) in [5.74, 6) is -1.02. The van der Waals surface area contributed by atoms with E-state index >= 15 is 0 Å². The van der Waals surface area contributed by atoms with Gasteiger partial charge in [0.2, 0.25) is 5.91 Å². The Kier molecular flexibility index (Phi) is 7.49. The highest BCUT2D eigenvalue weighted by Gasteiger charge is 2.08. The third kappa shape index (κ3) is 8.06. The van der Waals surface area contributed by atoms with E-state index in [0.29, 0.717) is 13.0 Å². The molecule has 0 aliphatic heterocycles. The van der Waals surface area contributed by atoms with Crippen LogP contribution >= 0.6 is 0 Å². The van der Waals surface area contributed by atoms with E-state index in [1.54, 1.807) is 7.05 Å². The Morgan fingerprint density at radius 2 is 1.88 bits per heavy atom. The third-order valence-corrected chi connectivity index (χ3v) is 2.14. The fraction of sp³-hybridized carbons (Fsp3) is 0.700. The summed E-state index contributed by atoms with van der Waals surface area (Å²) in [7, 11) is 3.11. The molecule has 17 heavy (non-hydrogen) atoms. The molecule has 3 N–H and O–H groups in total. The third-order valence-electron chi connectivity index (χ3n) is 2.14. The van der Waals surface area contributed by atoms with Gasteiger partial charge in [-0.3, -0.25) is 9.59 Å². The number of rotatable bonds is 7. The van der Waals surface area contributed by atoms with Crippen molar-refractivity contribution < 1.29 is 19.5 Å². The van der Waals surface area contributed by atoms with Crippen LogP contribution in [0.5, 0.6) is 0 Å². The van der Waals surface area contributed by atoms with Gasteiger partial charge in [-0.1, -0.05) is 0 Å². The molecule has 3 amide bonds. The van der Waals surface area contributed by atoms with Gasteiger partial charge in [0.05, 0.1) is 0 Å². The predicted octanol–water partition coefficient (Wildman–Crippen LogP) is -0.371. The summed E-state index contributed by atoms with van der Waals surface area (Å²) in [6.45, 7) is 0.639. The Labute approximate surface area is 100 Å². The van der Waals surface area contributed by atoms with Crippen LogP contribution in [-0.4, -0.2) is 55.1 Å². The van der Waals surface area contributed by atoms with Gasteiger partial charge in [-0.15, -0.1) is 0 Å². The number of nitrogens with one attached hydrogen (secondary N) is 2. The van der Waals surface area contributed by atoms with Crippen molar-refractivity contribution >= 4 is 17.9 Å². The lowest BCUT2D eigenvalue weighted by Gasteiger charge is -2.17. The van der Waals surface area contributed by atoms with E-state index in [4.69, 9.17) is 5.11 Å². The summed E-state index contributed by atoms with van der Waals surface area (Å²) >= 11 is 0. The van der Waals surface area contributed by atoms with E-state index in [-0.39, 0.29) is 31.3 Å². The highest BCUT2D eigenvalue weighted by molar-refractivity contribution is 5.77. The maximum absolute atomic E-state index is 11.4. The summed E-state index contributed by atoms with van der Waals surface area (Å²) in [4.78, 5) is 34.0. The summed E-state index contributed by atoms with van der Waals surface area (Å²) in [6.07, 6.45) is 0.676. The van der Waals surface area contributed by atoms with Crippen LogP contribution in [0.25, 0.3) is 0 Å². The molecule has 0 fully saturated rings. The van der Waals surface area contributed by atoms with Crippen LogP contribution in [0.3, 0.4) is 0 Å². The molecule has 0 unspecified atom stereocenters. The average molecular weight is 245 g/mol. The smallest absolute Gasteiger partial charge is 0.317 e. The molecule has 0 atom stereocenters. The molecular weight excluding hydrogens is 226 g/mol. The largest absolute Gasteiger partial charge is 0.481 e. The highest BCUT2D eigenvalue weighted by Crippen LogP contribution is 1.93. The zero-order valence-corrected chi connectivity index (χ0v) is 10.2. The average Bonchev–Trinajstić information content (AvgIpc) is 2.27. The van der Waals surface area contributed by atoms with Crippen molar-refractivity contribution in [2.75, 3.05) is 27.2 Å². The van der Waals surface area contributed by atoms with E-state index in [9.17, 15) is 14.4 Å². The van der Waals surface area contributed by atoms with E-state index in [1.165, 1.54) is 11.9 Å². The van der Waals surface area contributed by atoms with Crippen molar-refractivity contribution in [3.05, 3.63) is 0 Å². The van der Waals surface area contributed by atoms with Gasteiger partial charge in [0.15, 0.2) is 0 Å². The molecule has 0 radical (unpaired) electrons. The van der Waals surface area contributed by atoms with Gasteiger partial charge in [-0.25, -0.2) is 4.79 Å². The van der Waals surface area contributed by atoms with Gasteiger partial charge < -0.3 is 20.6 Å². The molecule has 0 rings (SSSR count). The maximum Gasteiger partial charge on any atom is 0.317 e. The highest BCUT2D eigenvalue weighted by atomic mass is 16.4. The van der Waals surface area contributed by atoms with Crippen LogP contribution in [0.1, 0.15) is 19.3 Å². The molecule has 0 aromatic heterocycles. The molecule has 0 aliphatic rings. The molecule has 0 spiro atoms. The zero-order valence-electron chi connectivity index (χ0n) is 10.2. The fourth-order valence-corrected chi connectivity index (χ4v) is 1.11. The Bertz CT molecular complexity index is 281. The van der Waals surface area contributed by atoms with Crippen molar-refractivity contribution in [3.8, 4) is 0 Å². The number of carboxylic acid groups (broad SMARTS) is 1. The van der Waals surface area contributed by atoms with E-state index in [0.717, 1.165) is 0 Å². The number of hydrogen-bond donors (Lipinski definition) is 3. The lowest BCUT2D eigenvalue weighted by molar-refractivity contribution is -0.137. The standard InChI is InChI=1S/C10H19N3O4/c1-11-8(14)5-6-12-10(17)13(2)7-3-4-9(15)16/h3-7H2,1-2H3,(H,11,14)(H,12,17)(H,15,16). The molecule has 0 saturated heterocycles. The lowest BCUT2D eigenvalue weighted by Crippen LogP contribution is -2.39. The molecule has 0 saturated carbocycles. The first kappa shape index (κ1) is 15.2. The van der Waals surface area contributed by atoms with Crippen LogP contribution in [0.4, 0.5) is 4.79 Å². The fourth-order valence-electron chi connectivity index (χ4n) is 1.11. The minimum absolute atomic E-state index is 0.0376. The predicted molar refractivity (Wildman–Crippen MR) is 61.6 cm³/mol. The monoisotopic (exact) mass is 245 g/mol. The minimum Gasteiger partial charge on any atom is -0.481 e. The molecule has 0 aromatic rings. The second-order valence-corrected chi connectivity index (χ2v) is 3.57. The van der Waals surface area contributed by atoms with Crippen LogP contribution < -0.4 is 10.6 Å². The van der Waals surface area contributed by atoms with Gasteiger partial charge >= 0.3 is 12.0 Å². The van der Waals surface area contributed by atoms with Gasteiger partial charge in [-0.05, 0) is 6.42 Å². The number of hydrogen-bond acceptors (Lipinski definition) is 3. The van der Waals surface area contributed by atoms with Crippen molar-refractivity contribution in [1.82, 2.24) is 15.5 Å². The number of nitrogens with zero attached hydrogens (tertiary/aromatic N) is 1. The quantitative estimate of drug-likeness (QED) is 0.570. The molecule has 7 heteroatoms. The van der Waals surface area contributed by atoms with Crippen molar-refractivity contribution in [1.29, 1.82) is 0 Å². The lowest BCUT2D eigenvalue weighted by atomic mass is 10.3. The van der Waals surface area contributed by atoms with Crippen LogP contribution in [0, 0.1) is 0 Å². The SMILES string of the molecule is CNC(=O)CCNC(=O)N(C)CCCC(=O)O. The number of carbonyl (C=O) groups excluding carboxylic acids is 2. The second-order valence-electron chi connectivity index (χ2n) is 3.57. The van der Waals surface area contributed by atoms with E-state index in [2.05, 4.69) is 10.6 Å². The first-order chi connectivity index (χ1) is 7.97. The number of carboxylic acids is 1. The Balaban J connectivity index is 3.67. The van der Waals surface area contributed by atoms with Crippen LogP contribution in [-0.2, 0) is 9.59 Å². The number of amides is 3.